The first-order valence-corrected chi connectivity index (χ1v) is 4.55. The van der Waals surface area contributed by atoms with Gasteiger partial charge in [0.05, 0.1) is 6.54 Å². The van der Waals surface area contributed by atoms with Gasteiger partial charge >= 0.3 is 0 Å². The summed E-state index contributed by atoms with van der Waals surface area (Å²) in [6.45, 7) is 3.25. The summed E-state index contributed by atoms with van der Waals surface area (Å²) in [5.74, 6) is 0.646. The highest BCUT2D eigenvalue weighted by atomic mass is 16.5. The summed E-state index contributed by atoms with van der Waals surface area (Å²) in [7, 11) is 0. The summed E-state index contributed by atoms with van der Waals surface area (Å²) in [6, 6.07) is 5.64. The molecular formula is C11H11NO2. The summed E-state index contributed by atoms with van der Waals surface area (Å²) in [5, 5.41) is 0. The second-order valence-corrected chi connectivity index (χ2v) is 3.22. The van der Waals surface area contributed by atoms with Crippen molar-refractivity contribution in [1.82, 2.24) is 0 Å². The molecule has 14 heavy (non-hydrogen) atoms. The van der Waals surface area contributed by atoms with E-state index in [9.17, 15) is 4.79 Å². The first kappa shape index (κ1) is 8.94. The Balaban J connectivity index is 2.40. The van der Waals surface area contributed by atoms with Gasteiger partial charge in [0.25, 0.3) is 0 Å². The molecule has 0 spiro atoms. The Morgan fingerprint density at radius 2 is 2.36 bits per heavy atom. The number of hydrogen-bond donors (Lipinski definition) is 0. The zero-order valence-corrected chi connectivity index (χ0v) is 7.99. The number of carbonyl (C=O) groups excluding carboxylic acids is 1. The number of aliphatic imine (C=N–C) groups is 1. The number of ether oxygens (including phenoxy) is 1. The van der Waals surface area contributed by atoms with E-state index in [4.69, 9.17) is 4.74 Å². The molecule has 3 nitrogen and oxygen atoms in total. The number of hydrogen-bond acceptors (Lipinski definition) is 3. The Kier molecular flexibility index (Phi) is 2.31. The molecule has 1 aromatic carbocycles. The Morgan fingerprint density at radius 3 is 3.00 bits per heavy atom. The number of aldehydes is 1. The van der Waals surface area contributed by atoms with Crippen LogP contribution in [0.4, 0.5) is 0 Å². The van der Waals surface area contributed by atoms with Crippen LogP contribution in [-0.2, 0) is 4.74 Å². The van der Waals surface area contributed by atoms with E-state index < -0.39 is 0 Å². The van der Waals surface area contributed by atoms with E-state index in [1.165, 1.54) is 0 Å². The molecule has 1 aromatic rings. The lowest BCUT2D eigenvalue weighted by Crippen LogP contribution is -2.02. The van der Waals surface area contributed by atoms with Crippen molar-refractivity contribution in [2.45, 2.75) is 6.92 Å². The van der Waals surface area contributed by atoms with Crippen LogP contribution in [0.2, 0.25) is 0 Å². The topological polar surface area (TPSA) is 38.7 Å². The van der Waals surface area contributed by atoms with Gasteiger partial charge in [0, 0.05) is 11.1 Å². The molecule has 0 radical (unpaired) electrons. The predicted octanol–water partition coefficient (Wildman–Crippen LogP) is 1.58. The highest BCUT2D eigenvalue weighted by molar-refractivity contribution is 5.96. The van der Waals surface area contributed by atoms with Crippen molar-refractivity contribution in [2.24, 2.45) is 4.99 Å². The van der Waals surface area contributed by atoms with Crippen molar-refractivity contribution < 1.29 is 9.53 Å². The Bertz CT molecular complexity index is 396. The van der Waals surface area contributed by atoms with Crippen molar-refractivity contribution in [3.63, 3.8) is 0 Å². The largest absolute Gasteiger partial charge is 0.476 e. The lowest BCUT2D eigenvalue weighted by Gasteiger charge is -2.03. The molecule has 0 fully saturated rings. The first-order valence-electron chi connectivity index (χ1n) is 4.55. The first-order chi connectivity index (χ1) is 6.81. The smallest absolute Gasteiger partial charge is 0.216 e. The van der Waals surface area contributed by atoms with Crippen molar-refractivity contribution in [1.29, 1.82) is 0 Å². The minimum atomic E-state index is 0.639. The molecule has 0 saturated carbocycles. The summed E-state index contributed by atoms with van der Waals surface area (Å²) < 4.78 is 5.31. The molecular weight excluding hydrogens is 178 g/mol. The van der Waals surface area contributed by atoms with Crippen LogP contribution in [0.15, 0.2) is 23.2 Å². The zero-order valence-electron chi connectivity index (χ0n) is 7.99. The van der Waals surface area contributed by atoms with Crippen LogP contribution < -0.4 is 0 Å². The van der Waals surface area contributed by atoms with Gasteiger partial charge < -0.3 is 4.74 Å². The molecule has 0 bridgehead atoms. The fourth-order valence-corrected chi connectivity index (χ4v) is 1.41. The average Bonchev–Trinajstić information content (AvgIpc) is 2.71. The van der Waals surface area contributed by atoms with Crippen LogP contribution in [0.5, 0.6) is 0 Å². The van der Waals surface area contributed by atoms with Gasteiger partial charge in [-0.3, -0.25) is 4.79 Å². The van der Waals surface area contributed by atoms with Gasteiger partial charge in [-0.25, -0.2) is 4.99 Å². The lowest BCUT2D eigenvalue weighted by molar-refractivity contribution is 0.112. The molecule has 0 atom stereocenters. The molecule has 1 aliphatic rings. The third-order valence-corrected chi connectivity index (χ3v) is 2.24. The fourth-order valence-electron chi connectivity index (χ4n) is 1.41. The maximum atomic E-state index is 10.7. The normalized spacial score (nSPS) is 14.8. The maximum absolute atomic E-state index is 10.7. The molecule has 0 aliphatic carbocycles. The molecule has 3 heteroatoms. The Hall–Kier alpha value is -1.64. The van der Waals surface area contributed by atoms with Gasteiger partial charge in [0.1, 0.15) is 12.9 Å². The van der Waals surface area contributed by atoms with E-state index in [2.05, 4.69) is 4.99 Å². The van der Waals surface area contributed by atoms with Gasteiger partial charge in [0.15, 0.2) is 0 Å². The van der Waals surface area contributed by atoms with E-state index in [1.807, 2.05) is 25.1 Å². The Morgan fingerprint density at radius 1 is 1.50 bits per heavy atom. The molecule has 0 N–H and O–H groups in total. The van der Waals surface area contributed by atoms with Gasteiger partial charge in [-0.2, -0.15) is 0 Å². The lowest BCUT2D eigenvalue weighted by atomic mass is 10.1. The van der Waals surface area contributed by atoms with E-state index in [0.29, 0.717) is 24.6 Å². The number of aryl methyl sites for hydroxylation is 1. The molecule has 1 heterocycles. The van der Waals surface area contributed by atoms with E-state index in [-0.39, 0.29) is 0 Å². The van der Waals surface area contributed by atoms with Crippen molar-refractivity contribution >= 4 is 12.2 Å². The standard InChI is InChI=1S/C11H11NO2/c1-8-2-3-9(6-10(8)7-13)11-12-4-5-14-11/h2-3,6-7H,4-5H2,1H3. The highest BCUT2D eigenvalue weighted by Gasteiger charge is 2.11. The van der Waals surface area contributed by atoms with E-state index >= 15 is 0 Å². The summed E-state index contributed by atoms with van der Waals surface area (Å²) in [4.78, 5) is 14.9. The number of carbonyl (C=O) groups is 1. The van der Waals surface area contributed by atoms with E-state index in [1.54, 1.807) is 0 Å². The van der Waals surface area contributed by atoms with E-state index in [0.717, 1.165) is 17.4 Å². The molecule has 2 rings (SSSR count). The second-order valence-electron chi connectivity index (χ2n) is 3.22. The van der Waals surface area contributed by atoms with Gasteiger partial charge in [-0.05, 0) is 24.6 Å². The fraction of sp³-hybridized carbons (Fsp3) is 0.273. The molecule has 72 valence electrons. The molecule has 0 saturated heterocycles. The predicted molar refractivity (Wildman–Crippen MR) is 53.9 cm³/mol. The number of nitrogens with zero attached hydrogens (tertiary/aromatic N) is 1. The SMILES string of the molecule is Cc1ccc(C2=NCCO2)cc1C=O. The monoisotopic (exact) mass is 189 g/mol. The van der Waals surface area contributed by atoms with Crippen molar-refractivity contribution in [3.05, 3.63) is 34.9 Å². The van der Waals surface area contributed by atoms with Crippen LogP contribution in [0.25, 0.3) is 0 Å². The minimum Gasteiger partial charge on any atom is -0.476 e. The minimum absolute atomic E-state index is 0.639. The van der Waals surface area contributed by atoms with Crippen molar-refractivity contribution in [3.8, 4) is 0 Å². The molecule has 0 aromatic heterocycles. The molecule has 1 aliphatic heterocycles. The van der Waals surface area contributed by atoms with Gasteiger partial charge in [-0.15, -0.1) is 0 Å². The van der Waals surface area contributed by atoms with Crippen LogP contribution in [-0.4, -0.2) is 25.3 Å². The second kappa shape index (κ2) is 3.62. The average molecular weight is 189 g/mol. The molecule has 0 unspecified atom stereocenters. The van der Waals surface area contributed by atoms with Crippen LogP contribution in [0.1, 0.15) is 21.5 Å². The van der Waals surface area contributed by atoms with Crippen LogP contribution in [0.3, 0.4) is 0 Å². The third-order valence-electron chi connectivity index (χ3n) is 2.24. The summed E-state index contributed by atoms with van der Waals surface area (Å²) >= 11 is 0. The van der Waals surface area contributed by atoms with Crippen molar-refractivity contribution in [2.75, 3.05) is 13.2 Å². The van der Waals surface area contributed by atoms with Crippen LogP contribution in [0, 0.1) is 6.92 Å². The zero-order chi connectivity index (χ0) is 9.97. The summed E-state index contributed by atoms with van der Waals surface area (Å²) in [5.41, 5.74) is 2.55. The highest BCUT2D eigenvalue weighted by Crippen LogP contribution is 2.12. The molecule has 0 amide bonds. The Labute approximate surface area is 82.4 Å². The van der Waals surface area contributed by atoms with Gasteiger partial charge in [-0.1, -0.05) is 6.07 Å². The third kappa shape index (κ3) is 1.53. The van der Waals surface area contributed by atoms with Gasteiger partial charge in [0.2, 0.25) is 5.90 Å². The quantitative estimate of drug-likeness (QED) is 0.662. The van der Waals surface area contributed by atoms with Crippen LogP contribution >= 0.6 is 0 Å². The number of rotatable bonds is 2. The number of benzene rings is 1. The maximum Gasteiger partial charge on any atom is 0.216 e. The summed E-state index contributed by atoms with van der Waals surface area (Å²) in [6.07, 6.45) is 0.856.